The highest BCUT2D eigenvalue weighted by Crippen LogP contribution is 2.38. The molecule has 0 saturated heterocycles. The van der Waals surface area contributed by atoms with Crippen LogP contribution in [0.2, 0.25) is 0 Å². The predicted octanol–water partition coefficient (Wildman–Crippen LogP) is 5.55. The second kappa shape index (κ2) is 7.75. The third-order valence-electron chi connectivity index (χ3n) is 4.01. The summed E-state index contributed by atoms with van der Waals surface area (Å²) < 4.78 is 0. The van der Waals surface area contributed by atoms with E-state index < -0.39 is 0 Å². The number of hydrogen-bond donors (Lipinski definition) is 0. The molecule has 0 aliphatic carbocycles. The van der Waals surface area contributed by atoms with Gasteiger partial charge in [0.05, 0.1) is 0 Å². The molecule has 0 N–H and O–H groups in total. The second-order valence-corrected chi connectivity index (χ2v) is 8.51. The summed E-state index contributed by atoms with van der Waals surface area (Å²) in [5, 5.41) is 3.03. The van der Waals surface area contributed by atoms with Crippen molar-refractivity contribution in [1.82, 2.24) is 0 Å². The van der Waals surface area contributed by atoms with Gasteiger partial charge in [0, 0.05) is 0 Å². The van der Waals surface area contributed by atoms with Crippen LogP contribution < -0.4 is 10.6 Å². The Morgan fingerprint density at radius 3 is 1.59 bits per heavy atom. The normalized spacial score (nSPS) is 11.4. The first-order valence-electron chi connectivity index (χ1n) is 8.12. The second-order valence-electron chi connectivity index (χ2n) is 6.33. The van der Waals surface area contributed by atoms with Crippen molar-refractivity contribution in [2.45, 2.75) is 39.5 Å². The van der Waals surface area contributed by atoms with E-state index in [9.17, 15) is 0 Å². The van der Waals surface area contributed by atoms with Crippen LogP contribution in [0, 0.1) is 0 Å². The topological polar surface area (TPSA) is 0 Å². The summed E-state index contributed by atoms with van der Waals surface area (Å²) in [6, 6.07) is 17.9. The van der Waals surface area contributed by atoms with Gasteiger partial charge in [0.1, 0.15) is 0 Å². The zero-order valence-electron chi connectivity index (χ0n) is 14.2. The van der Waals surface area contributed by atoms with Crippen LogP contribution in [0.3, 0.4) is 0 Å². The minimum absolute atomic E-state index is 0.376. The Morgan fingerprint density at radius 2 is 1.23 bits per heavy atom. The summed E-state index contributed by atoms with van der Waals surface area (Å²) in [6.07, 6.45) is 3.13. The SMILES string of the molecule is C=CCP(c1ccccc1C(C)C)c1ccccc1C(C)C. The summed E-state index contributed by atoms with van der Waals surface area (Å²) in [4.78, 5) is 0. The Balaban J connectivity index is 2.59. The van der Waals surface area contributed by atoms with Gasteiger partial charge in [-0.15, -0.1) is 6.58 Å². The van der Waals surface area contributed by atoms with Crippen molar-refractivity contribution in [1.29, 1.82) is 0 Å². The Bertz CT molecular complexity index is 574. The molecule has 0 atom stereocenters. The van der Waals surface area contributed by atoms with Crippen molar-refractivity contribution in [3.63, 3.8) is 0 Å². The molecule has 0 bridgehead atoms. The Labute approximate surface area is 137 Å². The zero-order valence-corrected chi connectivity index (χ0v) is 15.1. The average molecular weight is 310 g/mol. The number of hydrogen-bond acceptors (Lipinski definition) is 0. The molecule has 0 nitrogen and oxygen atoms in total. The van der Waals surface area contributed by atoms with Crippen molar-refractivity contribution in [2.24, 2.45) is 0 Å². The Kier molecular flexibility index (Phi) is 5.98. The molecule has 2 aromatic carbocycles. The lowest BCUT2D eigenvalue weighted by Crippen LogP contribution is -2.21. The molecule has 0 aliphatic rings. The smallest absolute Gasteiger partial charge is 0.00667 e. The lowest BCUT2D eigenvalue weighted by Gasteiger charge is -2.25. The van der Waals surface area contributed by atoms with Gasteiger partial charge in [-0.05, 0) is 47.7 Å². The minimum atomic E-state index is -0.376. The summed E-state index contributed by atoms with van der Waals surface area (Å²) in [5.41, 5.74) is 2.96. The number of allylic oxidation sites excluding steroid dienone is 1. The fraction of sp³-hybridized carbons (Fsp3) is 0.333. The van der Waals surface area contributed by atoms with E-state index in [2.05, 4.69) is 88.9 Å². The van der Waals surface area contributed by atoms with Crippen LogP contribution in [0.5, 0.6) is 0 Å². The molecule has 0 unspecified atom stereocenters. The van der Waals surface area contributed by atoms with Crippen molar-refractivity contribution in [3.05, 3.63) is 72.3 Å². The van der Waals surface area contributed by atoms with Crippen molar-refractivity contribution in [3.8, 4) is 0 Å². The third kappa shape index (κ3) is 3.68. The first-order chi connectivity index (χ1) is 10.6. The fourth-order valence-electron chi connectivity index (χ4n) is 2.90. The maximum Gasteiger partial charge on any atom is -0.00667 e. The molecule has 0 heterocycles. The van der Waals surface area contributed by atoms with E-state index in [0.717, 1.165) is 6.16 Å². The van der Waals surface area contributed by atoms with Gasteiger partial charge in [-0.3, -0.25) is 0 Å². The molecule has 0 radical (unpaired) electrons. The maximum atomic E-state index is 4.02. The summed E-state index contributed by atoms with van der Waals surface area (Å²) in [6.45, 7) is 13.2. The number of rotatable bonds is 6. The molecule has 2 aromatic rings. The molecular weight excluding hydrogens is 283 g/mol. The first kappa shape index (κ1) is 17.0. The van der Waals surface area contributed by atoms with E-state index in [-0.39, 0.29) is 7.92 Å². The molecule has 116 valence electrons. The zero-order chi connectivity index (χ0) is 16.1. The van der Waals surface area contributed by atoms with E-state index in [1.54, 1.807) is 0 Å². The molecule has 0 spiro atoms. The van der Waals surface area contributed by atoms with Gasteiger partial charge in [-0.25, -0.2) is 0 Å². The average Bonchev–Trinajstić information content (AvgIpc) is 2.52. The van der Waals surface area contributed by atoms with Gasteiger partial charge in [0.2, 0.25) is 0 Å². The van der Waals surface area contributed by atoms with E-state index in [1.165, 1.54) is 21.7 Å². The van der Waals surface area contributed by atoms with E-state index in [0.29, 0.717) is 11.8 Å². The standard InChI is InChI=1S/C21H27P/c1-6-15-22(20-13-9-7-11-18(20)16(2)3)21-14-10-8-12-19(21)17(4)5/h6-14,16-17H,1,15H2,2-5H3. The highest BCUT2D eigenvalue weighted by molar-refractivity contribution is 7.73. The van der Waals surface area contributed by atoms with Crippen LogP contribution in [-0.2, 0) is 0 Å². The summed E-state index contributed by atoms with van der Waals surface area (Å²) in [5.74, 6) is 1.11. The van der Waals surface area contributed by atoms with Crippen LogP contribution in [0.4, 0.5) is 0 Å². The van der Waals surface area contributed by atoms with Crippen LogP contribution in [0.1, 0.15) is 50.7 Å². The van der Waals surface area contributed by atoms with Crippen molar-refractivity contribution < 1.29 is 0 Å². The monoisotopic (exact) mass is 310 g/mol. The summed E-state index contributed by atoms with van der Waals surface area (Å²) >= 11 is 0. The minimum Gasteiger partial charge on any atom is -0.103 e. The van der Waals surface area contributed by atoms with E-state index in [1.807, 2.05) is 0 Å². The van der Waals surface area contributed by atoms with Crippen molar-refractivity contribution in [2.75, 3.05) is 6.16 Å². The van der Waals surface area contributed by atoms with Gasteiger partial charge in [0.25, 0.3) is 0 Å². The van der Waals surface area contributed by atoms with Crippen LogP contribution in [0.25, 0.3) is 0 Å². The lowest BCUT2D eigenvalue weighted by molar-refractivity contribution is 0.871. The third-order valence-corrected chi connectivity index (χ3v) is 6.61. The van der Waals surface area contributed by atoms with Crippen LogP contribution in [-0.4, -0.2) is 6.16 Å². The highest BCUT2D eigenvalue weighted by Gasteiger charge is 2.20. The maximum absolute atomic E-state index is 4.02. The van der Waals surface area contributed by atoms with Gasteiger partial charge in [-0.1, -0.05) is 82.3 Å². The molecule has 0 amide bonds. The van der Waals surface area contributed by atoms with E-state index in [4.69, 9.17) is 0 Å². The fourth-order valence-corrected chi connectivity index (χ4v) is 5.63. The first-order valence-corrected chi connectivity index (χ1v) is 9.65. The molecule has 0 saturated carbocycles. The molecule has 1 heteroatoms. The van der Waals surface area contributed by atoms with E-state index >= 15 is 0 Å². The molecule has 0 fully saturated rings. The molecule has 2 rings (SSSR count). The highest BCUT2D eigenvalue weighted by atomic mass is 31.1. The summed E-state index contributed by atoms with van der Waals surface area (Å²) in [7, 11) is -0.376. The molecular formula is C21H27P. The Hall–Kier alpha value is -1.39. The van der Waals surface area contributed by atoms with Crippen molar-refractivity contribution >= 4 is 18.5 Å². The van der Waals surface area contributed by atoms with Crippen LogP contribution >= 0.6 is 7.92 Å². The van der Waals surface area contributed by atoms with Gasteiger partial charge in [0.15, 0.2) is 0 Å². The predicted molar refractivity (Wildman–Crippen MR) is 102 cm³/mol. The van der Waals surface area contributed by atoms with Gasteiger partial charge >= 0.3 is 0 Å². The van der Waals surface area contributed by atoms with Gasteiger partial charge in [-0.2, -0.15) is 0 Å². The molecule has 0 aliphatic heterocycles. The quantitative estimate of drug-likeness (QED) is 0.484. The lowest BCUT2D eigenvalue weighted by atomic mass is 10.0. The van der Waals surface area contributed by atoms with Crippen LogP contribution in [0.15, 0.2) is 61.2 Å². The van der Waals surface area contributed by atoms with Gasteiger partial charge < -0.3 is 0 Å². The Morgan fingerprint density at radius 1 is 0.818 bits per heavy atom. The number of benzene rings is 2. The molecule has 0 aromatic heterocycles. The largest absolute Gasteiger partial charge is 0.103 e. The molecule has 22 heavy (non-hydrogen) atoms.